The van der Waals surface area contributed by atoms with Crippen molar-refractivity contribution in [1.82, 2.24) is 4.98 Å². The summed E-state index contributed by atoms with van der Waals surface area (Å²) in [6, 6.07) is 17.7. The second-order valence-electron chi connectivity index (χ2n) is 6.05. The summed E-state index contributed by atoms with van der Waals surface area (Å²) in [6.07, 6.45) is 1.62. The molecular weight excluding hydrogens is 296 g/mol. The normalized spacial score (nSPS) is 10.5. The van der Waals surface area contributed by atoms with Gasteiger partial charge in [-0.15, -0.1) is 0 Å². The summed E-state index contributed by atoms with van der Waals surface area (Å²) in [5, 5.41) is 2.91. The molecule has 0 aliphatic rings. The molecule has 2 aromatic carbocycles. The van der Waals surface area contributed by atoms with Gasteiger partial charge in [0, 0.05) is 17.4 Å². The minimum Gasteiger partial charge on any atom is -0.322 e. The lowest BCUT2D eigenvalue weighted by Crippen LogP contribution is -2.12. The van der Waals surface area contributed by atoms with E-state index in [0.717, 1.165) is 22.5 Å². The smallest absolute Gasteiger partial charge is 0.257 e. The molecule has 0 bridgehead atoms. The van der Waals surface area contributed by atoms with Gasteiger partial charge in [-0.1, -0.05) is 35.9 Å². The number of rotatable bonds is 3. The highest BCUT2D eigenvalue weighted by molar-refractivity contribution is 6.04. The number of nitrogens with zero attached hydrogens (tertiary/aromatic N) is 1. The van der Waals surface area contributed by atoms with Crippen LogP contribution in [0.5, 0.6) is 0 Å². The lowest BCUT2D eigenvalue weighted by atomic mass is 10.1. The first kappa shape index (κ1) is 15.9. The van der Waals surface area contributed by atoms with Crippen molar-refractivity contribution >= 4 is 11.6 Å². The summed E-state index contributed by atoms with van der Waals surface area (Å²) in [4.78, 5) is 16.8. The van der Waals surface area contributed by atoms with Gasteiger partial charge in [0.25, 0.3) is 5.91 Å². The van der Waals surface area contributed by atoms with E-state index in [-0.39, 0.29) is 5.91 Å². The van der Waals surface area contributed by atoms with Crippen molar-refractivity contribution in [3.8, 4) is 11.3 Å². The van der Waals surface area contributed by atoms with Gasteiger partial charge in [0.15, 0.2) is 0 Å². The van der Waals surface area contributed by atoms with Gasteiger partial charge in [-0.2, -0.15) is 0 Å². The third kappa shape index (κ3) is 3.51. The number of nitrogens with one attached hydrogen (secondary N) is 1. The van der Waals surface area contributed by atoms with Gasteiger partial charge in [0.2, 0.25) is 0 Å². The molecule has 0 spiro atoms. The standard InChI is InChI=1S/C21H20N2O/c1-14-4-7-17(8-5-14)20-11-9-18(13-22-20)21(24)23-19-10-6-15(2)16(3)12-19/h4-13H,1-3H3,(H,23,24). The summed E-state index contributed by atoms with van der Waals surface area (Å²) in [6.45, 7) is 6.13. The first-order valence-electron chi connectivity index (χ1n) is 7.94. The van der Waals surface area contributed by atoms with E-state index in [9.17, 15) is 4.79 Å². The van der Waals surface area contributed by atoms with Crippen LogP contribution < -0.4 is 5.32 Å². The van der Waals surface area contributed by atoms with Crippen LogP contribution >= 0.6 is 0 Å². The first-order chi connectivity index (χ1) is 11.5. The van der Waals surface area contributed by atoms with Crippen LogP contribution in [-0.2, 0) is 0 Å². The van der Waals surface area contributed by atoms with Crippen molar-refractivity contribution < 1.29 is 4.79 Å². The van der Waals surface area contributed by atoms with Crippen LogP contribution in [0.15, 0.2) is 60.8 Å². The highest BCUT2D eigenvalue weighted by Crippen LogP contribution is 2.19. The molecule has 0 saturated carbocycles. The van der Waals surface area contributed by atoms with Gasteiger partial charge in [-0.3, -0.25) is 9.78 Å². The molecule has 3 aromatic rings. The predicted octanol–water partition coefficient (Wildman–Crippen LogP) is 4.93. The molecule has 0 fully saturated rings. The predicted molar refractivity (Wildman–Crippen MR) is 98.3 cm³/mol. The van der Waals surface area contributed by atoms with Crippen molar-refractivity contribution in [1.29, 1.82) is 0 Å². The van der Waals surface area contributed by atoms with Gasteiger partial charge in [0.1, 0.15) is 0 Å². The Morgan fingerprint density at radius 3 is 2.25 bits per heavy atom. The average molecular weight is 316 g/mol. The van der Waals surface area contributed by atoms with E-state index in [4.69, 9.17) is 0 Å². The molecule has 3 rings (SSSR count). The molecule has 1 heterocycles. The zero-order chi connectivity index (χ0) is 17.1. The molecule has 1 N–H and O–H groups in total. The lowest BCUT2D eigenvalue weighted by Gasteiger charge is -2.08. The lowest BCUT2D eigenvalue weighted by molar-refractivity contribution is 0.102. The van der Waals surface area contributed by atoms with E-state index in [0.29, 0.717) is 5.56 Å². The summed E-state index contributed by atoms with van der Waals surface area (Å²) in [5.74, 6) is -0.152. The molecule has 0 saturated heterocycles. The number of hydrogen-bond donors (Lipinski definition) is 1. The Morgan fingerprint density at radius 2 is 1.62 bits per heavy atom. The van der Waals surface area contributed by atoms with E-state index >= 15 is 0 Å². The Labute approximate surface area is 142 Å². The number of carbonyl (C=O) groups is 1. The number of carbonyl (C=O) groups excluding carboxylic acids is 1. The first-order valence-corrected chi connectivity index (χ1v) is 7.94. The second kappa shape index (κ2) is 6.67. The highest BCUT2D eigenvalue weighted by atomic mass is 16.1. The quantitative estimate of drug-likeness (QED) is 0.744. The van der Waals surface area contributed by atoms with Gasteiger partial charge in [0.05, 0.1) is 11.3 Å². The maximum absolute atomic E-state index is 12.4. The van der Waals surface area contributed by atoms with Crippen LogP contribution in [-0.4, -0.2) is 10.9 Å². The Balaban J connectivity index is 1.76. The highest BCUT2D eigenvalue weighted by Gasteiger charge is 2.08. The minimum absolute atomic E-state index is 0.152. The number of anilines is 1. The maximum atomic E-state index is 12.4. The average Bonchev–Trinajstić information content (AvgIpc) is 2.59. The van der Waals surface area contributed by atoms with Gasteiger partial charge in [-0.25, -0.2) is 0 Å². The molecule has 1 aromatic heterocycles. The molecule has 3 heteroatoms. The van der Waals surface area contributed by atoms with Crippen LogP contribution in [0.25, 0.3) is 11.3 Å². The largest absolute Gasteiger partial charge is 0.322 e. The maximum Gasteiger partial charge on any atom is 0.257 e. The van der Waals surface area contributed by atoms with Crippen molar-refractivity contribution in [2.24, 2.45) is 0 Å². The van der Waals surface area contributed by atoms with Crippen molar-refractivity contribution in [2.45, 2.75) is 20.8 Å². The van der Waals surface area contributed by atoms with E-state index in [1.54, 1.807) is 12.3 Å². The molecule has 0 aliphatic heterocycles. The van der Waals surface area contributed by atoms with Gasteiger partial charge < -0.3 is 5.32 Å². The molecule has 3 nitrogen and oxygen atoms in total. The third-order valence-corrected chi connectivity index (χ3v) is 4.14. The number of hydrogen-bond acceptors (Lipinski definition) is 2. The third-order valence-electron chi connectivity index (χ3n) is 4.14. The molecular formula is C21H20N2O. The van der Waals surface area contributed by atoms with Crippen LogP contribution in [0.3, 0.4) is 0 Å². The van der Waals surface area contributed by atoms with E-state index in [1.807, 2.05) is 43.3 Å². The Hall–Kier alpha value is -2.94. The number of aryl methyl sites for hydroxylation is 3. The number of aromatic nitrogens is 1. The second-order valence-corrected chi connectivity index (χ2v) is 6.05. The van der Waals surface area contributed by atoms with Crippen LogP contribution in [0.1, 0.15) is 27.0 Å². The van der Waals surface area contributed by atoms with E-state index in [1.165, 1.54) is 11.1 Å². The Morgan fingerprint density at radius 1 is 0.875 bits per heavy atom. The Kier molecular flexibility index (Phi) is 4.43. The molecule has 24 heavy (non-hydrogen) atoms. The fourth-order valence-corrected chi connectivity index (χ4v) is 2.45. The van der Waals surface area contributed by atoms with Gasteiger partial charge >= 0.3 is 0 Å². The summed E-state index contributed by atoms with van der Waals surface area (Å²) >= 11 is 0. The summed E-state index contributed by atoms with van der Waals surface area (Å²) in [5.41, 5.74) is 6.81. The number of pyridine rings is 1. The van der Waals surface area contributed by atoms with Crippen LogP contribution in [0, 0.1) is 20.8 Å². The van der Waals surface area contributed by atoms with Crippen molar-refractivity contribution in [3.63, 3.8) is 0 Å². The molecule has 0 aliphatic carbocycles. The molecule has 0 atom stereocenters. The van der Waals surface area contributed by atoms with Crippen molar-refractivity contribution in [3.05, 3.63) is 83.0 Å². The molecule has 0 unspecified atom stereocenters. The molecule has 120 valence electrons. The topological polar surface area (TPSA) is 42.0 Å². The molecule has 1 amide bonds. The zero-order valence-electron chi connectivity index (χ0n) is 14.1. The number of amides is 1. The fraction of sp³-hybridized carbons (Fsp3) is 0.143. The SMILES string of the molecule is Cc1ccc(-c2ccc(C(=O)Nc3ccc(C)c(C)c3)cn2)cc1. The van der Waals surface area contributed by atoms with Crippen LogP contribution in [0.2, 0.25) is 0 Å². The monoisotopic (exact) mass is 316 g/mol. The van der Waals surface area contributed by atoms with E-state index < -0.39 is 0 Å². The fourth-order valence-electron chi connectivity index (χ4n) is 2.45. The minimum atomic E-state index is -0.152. The van der Waals surface area contributed by atoms with E-state index in [2.05, 4.69) is 36.3 Å². The summed E-state index contributed by atoms with van der Waals surface area (Å²) < 4.78 is 0. The number of benzene rings is 2. The molecule has 0 radical (unpaired) electrons. The van der Waals surface area contributed by atoms with Crippen LogP contribution in [0.4, 0.5) is 5.69 Å². The summed E-state index contributed by atoms with van der Waals surface area (Å²) in [7, 11) is 0. The van der Waals surface area contributed by atoms with Crippen molar-refractivity contribution in [2.75, 3.05) is 5.32 Å². The zero-order valence-corrected chi connectivity index (χ0v) is 14.1. The Bertz CT molecular complexity index is 865. The van der Waals surface area contributed by atoms with Gasteiger partial charge in [-0.05, 0) is 56.2 Å².